The predicted molar refractivity (Wildman–Crippen MR) is 130 cm³/mol. The number of rotatable bonds is 10. The molecule has 0 unspecified atom stereocenters. The minimum atomic E-state index is -3.40. The Labute approximate surface area is 195 Å². The summed E-state index contributed by atoms with van der Waals surface area (Å²) in [5, 5.41) is 6.15. The van der Waals surface area contributed by atoms with E-state index >= 15 is 0 Å². The number of hydrogen-bond donors (Lipinski definition) is 3. The molecule has 0 heterocycles. The van der Waals surface area contributed by atoms with E-state index in [2.05, 4.69) is 20.3 Å². The molecular weight excluding hydrogens is 519 g/mol. The topological polar surface area (TPSA) is 101 Å². The van der Waals surface area contributed by atoms with E-state index in [-0.39, 0.29) is 42.8 Å². The van der Waals surface area contributed by atoms with E-state index in [0.29, 0.717) is 24.0 Å². The van der Waals surface area contributed by atoms with Gasteiger partial charge in [0.15, 0.2) is 5.96 Å². The molecule has 0 aromatic heterocycles. The van der Waals surface area contributed by atoms with Gasteiger partial charge in [-0.1, -0.05) is 30.3 Å². The number of nitrogens with one attached hydrogen (secondary N) is 3. The monoisotopic (exact) mass is 548 g/mol. The maximum absolute atomic E-state index is 12.2. The van der Waals surface area contributed by atoms with Crippen LogP contribution in [-0.2, 0) is 23.1 Å². The minimum absolute atomic E-state index is 0. The van der Waals surface area contributed by atoms with Gasteiger partial charge in [0, 0.05) is 38.3 Å². The van der Waals surface area contributed by atoms with E-state index in [1.165, 1.54) is 0 Å². The lowest BCUT2D eigenvalue weighted by atomic mass is 10.2. The van der Waals surface area contributed by atoms with Crippen molar-refractivity contribution in [1.82, 2.24) is 15.4 Å². The quantitative estimate of drug-likeness (QED) is 0.239. The number of hydrogen-bond acceptors (Lipinski definition) is 5. The first-order valence-corrected chi connectivity index (χ1v) is 10.8. The largest absolute Gasteiger partial charge is 0.497 e. The van der Waals surface area contributed by atoms with Crippen molar-refractivity contribution >= 4 is 40.0 Å². The van der Waals surface area contributed by atoms with Gasteiger partial charge >= 0.3 is 0 Å². The number of sulfonamides is 1. The zero-order valence-electron chi connectivity index (χ0n) is 17.3. The second-order valence-electron chi connectivity index (χ2n) is 6.16. The van der Waals surface area contributed by atoms with Gasteiger partial charge in [-0.2, -0.15) is 0 Å². The molecule has 0 aliphatic heterocycles. The van der Waals surface area contributed by atoms with E-state index in [4.69, 9.17) is 9.47 Å². The molecule has 0 aliphatic carbocycles. The van der Waals surface area contributed by atoms with Crippen molar-refractivity contribution in [3.05, 3.63) is 59.7 Å². The van der Waals surface area contributed by atoms with Crippen molar-refractivity contribution in [2.24, 2.45) is 4.99 Å². The Bertz CT molecular complexity index is 908. The molecular formula is C20H29IN4O4S. The third kappa shape index (κ3) is 8.76. The van der Waals surface area contributed by atoms with E-state index < -0.39 is 10.0 Å². The summed E-state index contributed by atoms with van der Waals surface area (Å²) in [6.07, 6.45) is 0. The van der Waals surface area contributed by atoms with Crippen LogP contribution in [-0.4, -0.2) is 47.9 Å². The highest BCUT2D eigenvalue weighted by Gasteiger charge is 2.11. The van der Waals surface area contributed by atoms with Crippen LogP contribution >= 0.6 is 24.0 Å². The summed E-state index contributed by atoms with van der Waals surface area (Å²) in [6, 6.07) is 14.9. The third-order valence-electron chi connectivity index (χ3n) is 4.17. The van der Waals surface area contributed by atoms with Crippen LogP contribution in [0.2, 0.25) is 0 Å². The van der Waals surface area contributed by atoms with Gasteiger partial charge < -0.3 is 20.1 Å². The lowest BCUT2D eigenvalue weighted by Gasteiger charge is -2.14. The normalized spacial score (nSPS) is 11.4. The first-order valence-electron chi connectivity index (χ1n) is 9.14. The maximum Gasteiger partial charge on any atom is 0.213 e. The summed E-state index contributed by atoms with van der Waals surface area (Å²) in [4.78, 5) is 4.12. The van der Waals surface area contributed by atoms with Crippen molar-refractivity contribution in [3.8, 4) is 11.5 Å². The number of halogens is 1. The van der Waals surface area contributed by atoms with Crippen LogP contribution in [0, 0.1) is 0 Å². The number of ether oxygens (including phenoxy) is 2. The fraction of sp³-hybridized carbons (Fsp3) is 0.350. The molecule has 0 spiro atoms. The molecule has 30 heavy (non-hydrogen) atoms. The predicted octanol–water partition coefficient (Wildman–Crippen LogP) is 2.11. The molecule has 0 saturated heterocycles. The van der Waals surface area contributed by atoms with Crippen LogP contribution in [0.3, 0.4) is 0 Å². The number of nitrogens with zero attached hydrogens (tertiary/aromatic N) is 1. The van der Waals surface area contributed by atoms with Gasteiger partial charge in [0.2, 0.25) is 10.0 Å². The van der Waals surface area contributed by atoms with Crippen LogP contribution in [0.25, 0.3) is 0 Å². The number of benzene rings is 2. The molecule has 8 nitrogen and oxygen atoms in total. The summed E-state index contributed by atoms with van der Waals surface area (Å²) < 4.78 is 37.5. The molecule has 0 atom stereocenters. The highest BCUT2D eigenvalue weighted by atomic mass is 127. The Morgan fingerprint density at radius 2 is 1.73 bits per heavy atom. The molecule has 10 heteroatoms. The molecule has 0 aliphatic rings. The SMILES string of the molecule is CN=C(NCCS(=O)(=O)NCc1ccccc1)NCc1ccc(OC)cc1OC.I. The van der Waals surface area contributed by atoms with E-state index in [0.717, 1.165) is 11.1 Å². The summed E-state index contributed by atoms with van der Waals surface area (Å²) in [6.45, 7) is 0.961. The average molecular weight is 548 g/mol. The van der Waals surface area contributed by atoms with Gasteiger partial charge in [0.1, 0.15) is 11.5 Å². The second kappa shape index (κ2) is 13.3. The maximum atomic E-state index is 12.2. The molecule has 0 saturated carbocycles. The van der Waals surface area contributed by atoms with Gasteiger partial charge in [0.05, 0.1) is 20.0 Å². The zero-order chi connectivity index (χ0) is 21.1. The van der Waals surface area contributed by atoms with Gasteiger partial charge in [-0.3, -0.25) is 4.99 Å². The number of guanidine groups is 1. The number of methoxy groups -OCH3 is 2. The Balaban J connectivity index is 0.00000450. The molecule has 0 amide bonds. The molecule has 3 N–H and O–H groups in total. The zero-order valence-corrected chi connectivity index (χ0v) is 20.5. The third-order valence-corrected chi connectivity index (χ3v) is 5.49. The Morgan fingerprint density at radius 1 is 1.00 bits per heavy atom. The second-order valence-corrected chi connectivity index (χ2v) is 8.08. The first-order chi connectivity index (χ1) is 14.0. The van der Waals surface area contributed by atoms with Gasteiger partial charge in [-0.05, 0) is 17.7 Å². The molecule has 166 valence electrons. The fourth-order valence-electron chi connectivity index (χ4n) is 2.56. The number of aliphatic imine (C=N–C) groups is 1. The Kier molecular flexibility index (Phi) is 11.5. The van der Waals surface area contributed by atoms with Crippen molar-refractivity contribution < 1.29 is 17.9 Å². The van der Waals surface area contributed by atoms with Crippen molar-refractivity contribution in [2.45, 2.75) is 13.1 Å². The molecule has 2 aromatic carbocycles. The van der Waals surface area contributed by atoms with Crippen molar-refractivity contribution in [2.75, 3.05) is 33.6 Å². The summed E-state index contributed by atoms with van der Waals surface area (Å²) in [7, 11) is 1.42. The molecule has 2 aromatic rings. The van der Waals surface area contributed by atoms with Crippen LogP contribution in [0.15, 0.2) is 53.5 Å². The average Bonchev–Trinajstić information content (AvgIpc) is 2.75. The van der Waals surface area contributed by atoms with Crippen LogP contribution in [0.1, 0.15) is 11.1 Å². The summed E-state index contributed by atoms with van der Waals surface area (Å²) in [5.41, 5.74) is 1.84. The molecule has 0 fully saturated rings. The molecule has 2 rings (SSSR count). The van der Waals surface area contributed by atoms with Crippen molar-refractivity contribution in [3.63, 3.8) is 0 Å². The van der Waals surface area contributed by atoms with E-state index in [1.54, 1.807) is 27.3 Å². The Hall–Kier alpha value is -2.05. The highest BCUT2D eigenvalue weighted by Crippen LogP contribution is 2.24. The van der Waals surface area contributed by atoms with Gasteiger partial charge in [0.25, 0.3) is 0 Å². The van der Waals surface area contributed by atoms with Crippen LogP contribution in [0.5, 0.6) is 11.5 Å². The van der Waals surface area contributed by atoms with E-state index in [1.807, 2.05) is 42.5 Å². The molecule has 0 bridgehead atoms. The standard InChI is InChI=1S/C20H28N4O4S.HI/c1-21-20(23-15-17-9-10-18(27-2)13-19(17)28-3)22-11-12-29(25,26)24-14-16-7-5-4-6-8-16;/h4-10,13,24H,11-12,14-15H2,1-3H3,(H2,21,22,23);1H. The molecule has 0 radical (unpaired) electrons. The first kappa shape index (κ1) is 26.0. The van der Waals surface area contributed by atoms with Crippen LogP contribution in [0.4, 0.5) is 0 Å². The Morgan fingerprint density at radius 3 is 2.37 bits per heavy atom. The fourth-order valence-corrected chi connectivity index (χ4v) is 3.46. The summed E-state index contributed by atoms with van der Waals surface area (Å²) >= 11 is 0. The highest BCUT2D eigenvalue weighted by molar-refractivity contribution is 14.0. The van der Waals surface area contributed by atoms with Crippen molar-refractivity contribution in [1.29, 1.82) is 0 Å². The smallest absolute Gasteiger partial charge is 0.213 e. The lowest BCUT2D eigenvalue weighted by molar-refractivity contribution is 0.390. The lowest BCUT2D eigenvalue weighted by Crippen LogP contribution is -2.40. The van der Waals surface area contributed by atoms with E-state index in [9.17, 15) is 8.42 Å². The summed E-state index contributed by atoms with van der Waals surface area (Å²) in [5.74, 6) is 1.84. The van der Waals surface area contributed by atoms with Gasteiger partial charge in [-0.15, -0.1) is 24.0 Å². The minimum Gasteiger partial charge on any atom is -0.497 e. The van der Waals surface area contributed by atoms with Gasteiger partial charge in [-0.25, -0.2) is 13.1 Å². The van der Waals surface area contributed by atoms with Crippen LogP contribution < -0.4 is 24.8 Å².